The lowest BCUT2D eigenvalue weighted by molar-refractivity contribution is 0.102. The van der Waals surface area contributed by atoms with Crippen molar-refractivity contribution in [1.82, 2.24) is 5.32 Å². The fraction of sp³-hybridized carbons (Fsp3) is 0.300. The van der Waals surface area contributed by atoms with Crippen LogP contribution in [0.3, 0.4) is 0 Å². The molecule has 0 unspecified atom stereocenters. The standard InChI is InChI=1S/C20H23N3O/c1-20(2,3)16-9-7-14(8-10-16)19(24)23-17-6-4-5-15(13-17)18-21-11-12-22-18/h4-10,13H,11-12H2,1-3H3,(H,21,22)(H,23,24). The predicted molar refractivity (Wildman–Crippen MR) is 98.9 cm³/mol. The largest absolute Gasteiger partial charge is 0.368 e. The Morgan fingerprint density at radius 3 is 2.50 bits per heavy atom. The van der Waals surface area contributed by atoms with Gasteiger partial charge in [0.15, 0.2) is 0 Å². The fourth-order valence-corrected chi connectivity index (χ4v) is 2.66. The fourth-order valence-electron chi connectivity index (χ4n) is 2.66. The van der Waals surface area contributed by atoms with Crippen molar-refractivity contribution in [2.24, 2.45) is 4.99 Å². The van der Waals surface area contributed by atoms with Crippen molar-refractivity contribution < 1.29 is 4.79 Å². The maximum atomic E-state index is 12.5. The van der Waals surface area contributed by atoms with Crippen LogP contribution in [0.4, 0.5) is 5.69 Å². The van der Waals surface area contributed by atoms with Gasteiger partial charge in [0.1, 0.15) is 5.84 Å². The van der Waals surface area contributed by atoms with Crippen molar-refractivity contribution in [2.45, 2.75) is 26.2 Å². The van der Waals surface area contributed by atoms with E-state index in [4.69, 9.17) is 0 Å². The molecule has 0 aliphatic carbocycles. The normalized spacial score (nSPS) is 14.0. The van der Waals surface area contributed by atoms with E-state index in [1.54, 1.807) is 0 Å². The first-order valence-corrected chi connectivity index (χ1v) is 8.24. The summed E-state index contributed by atoms with van der Waals surface area (Å²) in [5.74, 6) is 0.787. The summed E-state index contributed by atoms with van der Waals surface area (Å²) in [6.07, 6.45) is 0. The van der Waals surface area contributed by atoms with Gasteiger partial charge in [-0.15, -0.1) is 0 Å². The van der Waals surface area contributed by atoms with Gasteiger partial charge in [0.25, 0.3) is 5.91 Å². The van der Waals surface area contributed by atoms with Crippen LogP contribution < -0.4 is 10.6 Å². The average molecular weight is 321 g/mol. The topological polar surface area (TPSA) is 53.5 Å². The second kappa shape index (κ2) is 6.48. The summed E-state index contributed by atoms with van der Waals surface area (Å²) < 4.78 is 0. The SMILES string of the molecule is CC(C)(C)c1ccc(C(=O)Nc2cccc(C3=NCCN3)c2)cc1. The van der Waals surface area contributed by atoms with Crippen LogP contribution >= 0.6 is 0 Å². The number of carbonyl (C=O) groups excluding carboxylic acids is 1. The summed E-state index contributed by atoms with van der Waals surface area (Å²) in [7, 11) is 0. The third-order valence-corrected chi connectivity index (χ3v) is 4.08. The summed E-state index contributed by atoms with van der Waals surface area (Å²) in [5, 5.41) is 6.20. The van der Waals surface area contributed by atoms with Crippen LogP contribution in [-0.4, -0.2) is 24.8 Å². The molecule has 3 rings (SSSR count). The second-order valence-corrected chi connectivity index (χ2v) is 7.02. The van der Waals surface area contributed by atoms with Crippen molar-refractivity contribution in [3.05, 3.63) is 65.2 Å². The van der Waals surface area contributed by atoms with Gasteiger partial charge in [-0.2, -0.15) is 0 Å². The molecule has 2 aromatic carbocycles. The van der Waals surface area contributed by atoms with Crippen molar-refractivity contribution in [3.63, 3.8) is 0 Å². The maximum absolute atomic E-state index is 12.5. The van der Waals surface area contributed by atoms with Gasteiger partial charge in [0.05, 0.1) is 6.54 Å². The van der Waals surface area contributed by atoms with Crippen LogP contribution in [0.1, 0.15) is 42.3 Å². The third-order valence-electron chi connectivity index (χ3n) is 4.08. The molecule has 1 aliphatic heterocycles. The van der Waals surface area contributed by atoms with Gasteiger partial charge in [-0.3, -0.25) is 9.79 Å². The average Bonchev–Trinajstić information content (AvgIpc) is 3.09. The molecule has 1 heterocycles. The van der Waals surface area contributed by atoms with E-state index in [9.17, 15) is 4.79 Å². The molecule has 2 N–H and O–H groups in total. The molecule has 0 aromatic heterocycles. The monoisotopic (exact) mass is 321 g/mol. The van der Waals surface area contributed by atoms with Crippen molar-refractivity contribution in [3.8, 4) is 0 Å². The molecule has 1 amide bonds. The van der Waals surface area contributed by atoms with Crippen LogP contribution in [0.25, 0.3) is 0 Å². The minimum Gasteiger partial charge on any atom is -0.368 e. The molecule has 2 aromatic rings. The molecule has 0 fully saturated rings. The number of rotatable bonds is 3. The number of amidine groups is 1. The molecule has 0 saturated heterocycles. The molecular weight excluding hydrogens is 298 g/mol. The van der Waals surface area contributed by atoms with E-state index >= 15 is 0 Å². The molecule has 1 aliphatic rings. The van der Waals surface area contributed by atoms with Gasteiger partial charge in [-0.25, -0.2) is 0 Å². The number of hydrogen-bond donors (Lipinski definition) is 2. The molecule has 0 saturated carbocycles. The van der Waals surface area contributed by atoms with Crippen LogP contribution in [0.2, 0.25) is 0 Å². The summed E-state index contributed by atoms with van der Waals surface area (Å²) in [6.45, 7) is 8.14. The van der Waals surface area contributed by atoms with E-state index in [1.165, 1.54) is 5.56 Å². The van der Waals surface area contributed by atoms with E-state index in [0.717, 1.165) is 30.2 Å². The lowest BCUT2D eigenvalue weighted by Crippen LogP contribution is -2.20. The number of anilines is 1. The summed E-state index contributed by atoms with van der Waals surface area (Å²) in [5.41, 5.74) is 3.72. The quantitative estimate of drug-likeness (QED) is 0.908. The minimum atomic E-state index is -0.103. The van der Waals surface area contributed by atoms with E-state index in [-0.39, 0.29) is 11.3 Å². The third kappa shape index (κ3) is 3.65. The van der Waals surface area contributed by atoms with E-state index in [0.29, 0.717) is 5.56 Å². The summed E-state index contributed by atoms with van der Waals surface area (Å²) in [6, 6.07) is 15.5. The highest BCUT2D eigenvalue weighted by Crippen LogP contribution is 2.22. The zero-order valence-electron chi connectivity index (χ0n) is 14.4. The van der Waals surface area contributed by atoms with Gasteiger partial charge < -0.3 is 10.6 Å². The van der Waals surface area contributed by atoms with E-state index in [1.807, 2.05) is 48.5 Å². The second-order valence-electron chi connectivity index (χ2n) is 7.02. The molecular formula is C20H23N3O. The number of nitrogens with one attached hydrogen (secondary N) is 2. The van der Waals surface area contributed by atoms with Crippen molar-refractivity contribution >= 4 is 17.4 Å². The zero-order chi connectivity index (χ0) is 17.2. The first-order chi connectivity index (χ1) is 11.4. The first kappa shape index (κ1) is 16.2. The van der Waals surface area contributed by atoms with E-state index in [2.05, 4.69) is 36.4 Å². The number of nitrogens with zero attached hydrogens (tertiary/aromatic N) is 1. The lowest BCUT2D eigenvalue weighted by atomic mass is 9.87. The Morgan fingerprint density at radius 2 is 1.88 bits per heavy atom. The number of amides is 1. The summed E-state index contributed by atoms with van der Waals surface area (Å²) in [4.78, 5) is 16.9. The maximum Gasteiger partial charge on any atom is 0.255 e. The highest BCUT2D eigenvalue weighted by Gasteiger charge is 2.15. The summed E-state index contributed by atoms with van der Waals surface area (Å²) >= 11 is 0. The Morgan fingerprint density at radius 1 is 1.12 bits per heavy atom. The Balaban J connectivity index is 1.74. The smallest absolute Gasteiger partial charge is 0.255 e. The highest BCUT2D eigenvalue weighted by molar-refractivity contribution is 6.05. The van der Waals surface area contributed by atoms with Crippen LogP contribution in [0.15, 0.2) is 53.5 Å². The highest BCUT2D eigenvalue weighted by atomic mass is 16.1. The molecule has 0 radical (unpaired) electrons. The Kier molecular flexibility index (Phi) is 4.38. The first-order valence-electron chi connectivity index (χ1n) is 8.24. The van der Waals surface area contributed by atoms with Crippen LogP contribution in [0.5, 0.6) is 0 Å². The molecule has 4 nitrogen and oxygen atoms in total. The Labute approximate surface area is 143 Å². The molecule has 0 spiro atoms. The van der Waals surface area contributed by atoms with Crippen molar-refractivity contribution in [2.75, 3.05) is 18.4 Å². The molecule has 0 atom stereocenters. The van der Waals surface area contributed by atoms with E-state index < -0.39 is 0 Å². The van der Waals surface area contributed by atoms with Gasteiger partial charge in [-0.05, 0) is 35.2 Å². The molecule has 124 valence electrons. The number of hydrogen-bond acceptors (Lipinski definition) is 3. The van der Waals surface area contributed by atoms with Gasteiger partial charge in [-0.1, -0.05) is 45.0 Å². The van der Waals surface area contributed by atoms with Crippen LogP contribution in [0, 0.1) is 0 Å². The Hall–Kier alpha value is -2.62. The lowest BCUT2D eigenvalue weighted by Gasteiger charge is -2.19. The number of aliphatic imine (C=N–C) groups is 1. The van der Waals surface area contributed by atoms with Gasteiger partial charge in [0.2, 0.25) is 0 Å². The molecule has 4 heteroatoms. The van der Waals surface area contributed by atoms with Crippen molar-refractivity contribution in [1.29, 1.82) is 0 Å². The van der Waals surface area contributed by atoms with Gasteiger partial charge >= 0.3 is 0 Å². The van der Waals surface area contributed by atoms with Crippen LogP contribution in [-0.2, 0) is 5.41 Å². The minimum absolute atomic E-state index is 0.0817. The Bertz CT molecular complexity index is 770. The molecule has 24 heavy (non-hydrogen) atoms. The van der Waals surface area contributed by atoms with Gasteiger partial charge in [0, 0.05) is 23.4 Å². The zero-order valence-corrected chi connectivity index (χ0v) is 14.4. The number of carbonyl (C=O) groups is 1. The molecule has 0 bridgehead atoms. The predicted octanol–water partition coefficient (Wildman–Crippen LogP) is 3.59. The number of benzene rings is 2.